The number of amides is 2. The maximum atomic E-state index is 13.8. The number of sulfonamides is 1. The van der Waals surface area contributed by atoms with Gasteiger partial charge in [0.2, 0.25) is 21.8 Å². The van der Waals surface area contributed by atoms with Gasteiger partial charge in [-0.15, -0.1) is 0 Å². The van der Waals surface area contributed by atoms with Gasteiger partial charge in [0.25, 0.3) is 0 Å². The SMILES string of the molecule is CCCNC(=O)[C@H](Cc1ccccc1)N(Cc1cccc(Cl)c1)C(=O)CCCN(c1cc(Cl)ccc1Cl)S(C)(=O)=O. The molecule has 1 atom stereocenters. The Morgan fingerprint density at radius 3 is 2.24 bits per heavy atom. The first kappa shape index (κ1) is 32.7. The predicted molar refractivity (Wildman–Crippen MR) is 167 cm³/mol. The summed E-state index contributed by atoms with van der Waals surface area (Å²) < 4.78 is 26.4. The van der Waals surface area contributed by atoms with Crippen LogP contribution in [0.2, 0.25) is 15.1 Å². The van der Waals surface area contributed by atoms with E-state index in [4.69, 9.17) is 34.8 Å². The highest BCUT2D eigenvalue weighted by molar-refractivity contribution is 7.92. The van der Waals surface area contributed by atoms with Crippen molar-refractivity contribution < 1.29 is 18.0 Å². The van der Waals surface area contributed by atoms with Crippen molar-refractivity contribution in [3.05, 3.63) is 99.0 Å². The average molecular weight is 639 g/mol. The molecule has 7 nitrogen and oxygen atoms in total. The van der Waals surface area contributed by atoms with E-state index in [0.717, 1.165) is 28.1 Å². The predicted octanol–water partition coefficient (Wildman–Crippen LogP) is 6.36. The minimum Gasteiger partial charge on any atom is -0.354 e. The minimum absolute atomic E-state index is 0.00102. The molecule has 0 aromatic heterocycles. The molecule has 3 rings (SSSR count). The fraction of sp³-hybridized carbons (Fsp3) is 0.333. The van der Waals surface area contributed by atoms with Crippen molar-refractivity contribution in [2.75, 3.05) is 23.7 Å². The van der Waals surface area contributed by atoms with Gasteiger partial charge in [-0.2, -0.15) is 0 Å². The van der Waals surface area contributed by atoms with Crippen molar-refractivity contribution in [1.29, 1.82) is 0 Å². The summed E-state index contributed by atoms with van der Waals surface area (Å²) in [5.74, 6) is -0.544. The first-order valence-corrected chi connectivity index (χ1v) is 16.3. The summed E-state index contributed by atoms with van der Waals surface area (Å²) in [5, 5.41) is 4.02. The Morgan fingerprint density at radius 2 is 1.59 bits per heavy atom. The van der Waals surface area contributed by atoms with Crippen LogP contribution in [-0.4, -0.2) is 50.5 Å². The number of rotatable bonds is 14. The lowest BCUT2D eigenvalue weighted by atomic mass is 10.0. The second-order valence-electron chi connectivity index (χ2n) is 9.68. The molecule has 0 bridgehead atoms. The summed E-state index contributed by atoms with van der Waals surface area (Å²) >= 11 is 18.6. The molecule has 0 aliphatic heterocycles. The third-order valence-corrected chi connectivity index (χ3v) is 8.36. The highest BCUT2D eigenvalue weighted by atomic mass is 35.5. The molecule has 1 N–H and O–H groups in total. The van der Waals surface area contributed by atoms with E-state index in [2.05, 4.69) is 5.32 Å². The molecule has 3 aromatic carbocycles. The Bertz CT molecular complexity index is 1440. The van der Waals surface area contributed by atoms with E-state index < -0.39 is 16.1 Å². The lowest BCUT2D eigenvalue weighted by Crippen LogP contribution is -2.50. The number of carbonyl (C=O) groups is 2. The smallest absolute Gasteiger partial charge is 0.243 e. The molecule has 3 aromatic rings. The Balaban J connectivity index is 1.89. The molecule has 0 aliphatic rings. The van der Waals surface area contributed by atoms with E-state index in [-0.39, 0.29) is 48.5 Å². The highest BCUT2D eigenvalue weighted by Crippen LogP contribution is 2.31. The standard InChI is InChI=1S/C30H34Cl3N3O4S/c1-3-16-34-30(38)28(19-22-9-5-4-6-10-22)35(21-23-11-7-12-24(31)18-23)29(37)13-8-17-36(41(2,39)40)27-20-25(32)14-15-26(27)33/h4-7,9-12,14-15,18,20,28H,3,8,13,16-17,19,21H2,1-2H3,(H,34,38)/t28-/m0/s1. The second-order valence-corrected chi connectivity index (χ2v) is 12.9. The molecule has 0 saturated heterocycles. The fourth-order valence-corrected chi connectivity index (χ4v) is 6.03. The zero-order chi connectivity index (χ0) is 30.0. The van der Waals surface area contributed by atoms with Crippen LogP contribution in [0.4, 0.5) is 5.69 Å². The van der Waals surface area contributed by atoms with Gasteiger partial charge in [0, 0.05) is 42.5 Å². The average Bonchev–Trinajstić information content (AvgIpc) is 2.93. The second kappa shape index (κ2) is 15.4. The highest BCUT2D eigenvalue weighted by Gasteiger charge is 2.30. The zero-order valence-electron chi connectivity index (χ0n) is 23.0. The molecule has 0 spiro atoms. The summed E-state index contributed by atoms with van der Waals surface area (Å²) in [6.45, 7) is 2.60. The van der Waals surface area contributed by atoms with Crippen LogP contribution in [0.5, 0.6) is 0 Å². The van der Waals surface area contributed by atoms with Crippen molar-refractivity contribution in [3.63, 3.8) is 0 Å². The van der Waals surface area contributed by atoms with Gasteiger partial charge in [0.05, 0.1) is 17.0 Å². The maximum Gasteiger partial charge on any atom is 0.243 e. The molecular weight excluding hydrogens is 605 g/mol. The van der Waals surface area contributed by atoms with E-state index in [0.29, 0.717) is 23.0 Å². The molecule has 0 unspecified atom stereocenters. The summed E-state index contributed by atoms with van der Waals surface area (Å²) in [4.78, 5) is 28.8. The van der Waals surface area contributed by atoms with Crippen LogP contribution >= 0.6 is 34.8 Å². The number of nitrogens with zero attached hydrogens (tertiary/aromatic N) is 2. The van der Waals surface area contributed by atoms with E-state index in [1.165, 1.54) is 12.1 Å². The van der Waals surface area contributed by atoms with Crippen molar-refractivity contribution in [1.82, 2.24) is 10.2 Å². The van der Waals surface area contributed by atoms with Gasteiger partial charge in [0.15, 0.2) is 0 Å². The van der Waals surface area contributed by atoms with Gasteiger partial charge in [-0.25, -0.2) is 8.42 Å². The van der Waals surface area contributed by atoms with Crippen LogP contribution in [0.25, 0.3) is 0 Å². The number of anilines is 1. The van der Waals surface area contributed by atoms with E-state index in [1.54, 1.807) is 29.2 Å². The van der Waals surface area contributed by atoms with Crippen molar-refractivity contribution >= 4 is 62.3 Å². The topological polar surface area (TPSA) is 86.8 Å². The third kappa shape index (κ3) is 9.92. The quantitative estimate of drug-likeness (QED) is 0.223. The number of nitrogens with one attached hydrogen (secondary N) is 1. The molecule has 220 valence electrons. The summed E-state index contributed by atoms with van der Waals surface area (Å²) in [5.41, 5.74) is 1.92. The summed E-state index contributed by atoms with van der Waals surface area (Å²) in [7, 11) is -3.72. The van der Waals surface area contributed by atoms with Crippen molar-refractivity contribution in [2.24, 2.45) is 0 Å². The van der Waals surface area contributed by atoms with Crippen LogP contribution < -0.4 is 9.62 Å². The molecule has 0 heterocycles. The number of halogens is 3. The van der Waals surface area contributed by atoms with E-state index in [1.807, 2.05) is 43.3 Å². The van der Waals surface area contributed by atoms with Crippen molar-refractivity contribution in [2.45, 2.75) is 45.2 Å². The largest absolute Gasteiger partial charge is 0.354 e. The van der Waals surface area contributed by atoms with Crippen LogP contribution in [0.15, 0.2) is 72.8 Å². The molecule has 0 radical (unpaired) electrons. The van der Waals surface area contributed by atoms with Crippen LogP contribution in [-0.2, 0) is 32.6 Å². The third-order valence-electron chi connectivity index (χ3n) is 6.39. The van der Waals surface area contributed by atoms with Gasteiger partial charge >= 0.3 is 0 Å². The number of hydrogen-bond donors (Lipinski definition) is 1. The fourth-order valence-electron chi connectivity index (χ4n) is 4.41. The monoisotopic (exact) mass is 637 g/mol. The number of carbonyl (C=O) groups excluding carboxylic acids is 2. The molecular formula is C30H34Cl3N3O4S. The minimum atomic E-state index is -3.72. The summed E-state index contributed by atoms with van der Waals surface area (Å²) in [6, 6.07) is 20.4. The lowest BCUT2D eigenvalue weighted by Gasteiger charge is -2.32. The van der Waals surface area contributed by atoms with Gasteiger partial charge < -0.3 is 10.2 Å². The van der Waals surface area contributed by atoms with Crippen LogP contribution in [0.3, 0.4) is 0 Å². The Hall–Kier alpha value is -2.78. The van der Waals surface area contributed by atoms with Gasteiger partial charge in [-0.3, -0.25) is 13.9 Å². The molecule has 0 aliphatic carbocycles. The number of benzene rings is 3. The molecule has 11 heteroatoms. The van der Waals surface area contributed by atoms with E-state index in [9.17, 15) is 18.0 Å². The lowest BCUT2D eigenvalue weighted by molar-refractivity contribution is -0.141. The molecule has 0 saturated carbocycles. The normalized spacial score (nSPS) is 12.0. The van der Waals surface area contributed by atoms with Gasteiger partial charge in [0.1, 0.15) is 6.04 Å². The Kier molecular flexibility index (Phi) is 12.3. The van der Waals surface area contributed by atoms with Crippen molar-refractivity contribution in [3.8, 4) is 0 Å². The number of hydrogen-bond acceptors (Lipinski definition) is 4. The van der Waals surface area contributed by atoms with Crippen LogP contribution in [0.1, 0.15) is 37.3 Å². The van der Waals surface area contributed by atoms with Gasteiger partial charge in [-0.05, 0) is 54.3 Å². The zero-order valence-corrected chi connectivity index (χ0v) is 26.1. The maximum absolute atomic E-state index is 13.8. The molecule has 0 fully saturated rings. The first-order chi connectivity index (χ1) is 19.5. The van der Waals surface area contributed by atoms with Crippen LogP contribution in [0, 0.1) is 0 Å². The van der Waals surface area contributed by atoms with Gasteiger partial charge in [-0.1, -0.05) is 84.2 Å². The van der Waals surface area contributed by atoms with E-state index >= 15 is 0 Å². The Morgan fingerprint density at radius 1 is 0.902 bits per heavy atom. The molecule has 41 heavy (non-hydrogen) atoms. The molecule has 2 amide bonds. The Labute approximate surface area is 257 Å². The first-order valence-electron chi connectivity index (χ1n) is 13.3. The summed E-state index contributed by atoms with van der Waals surface area (Å²) in [6.07, 6.45) is 2.33.